The standard InChI is InChI=1S/C31H40N2/c1-8-19-33(24(7)9-2)30-18-14-13-17-29(30)32-31-27(22(3)4)20-26(21-28(31)23(5)6)25-15-11-10-12-16-25/h10-18,20-23,32H,7-9,19H2,1-6H3. The number of anilines is 3. The zero-order valence-corrected chi connectivity index (χ0v) is 21.3. The van der Waals surface area contributed by atoms with Crippen LogP contribution in [0.15, 0.2) is 79.0 Å². The molecule has 3 aromatic rings. The molecule has 0 aromatic heterocycles. The van der Waals surface area contributed by atoms with Crippen molar-refractivity contribution < 1.29 is 0 Å². The number of hydrogen-bond donors (Lipinski definition) is 1. The molecule has 0 saturated heterocycles. The maximum atomic E-state index is 4.35. The lowest BCUT2D eigenvalue weighted by Crippen LogP contribution is -2.23. The molecule has 1 N–H and O–H groups in total. The van der Waals surface area contributed by atoms with Gasteiger partial charge in [0.1, 0.15) is 0 Å². The smallest absolute Gasteiger partial charge is 0.0647 e. The predicted octanol–water partition coefficient (Wildman–Crippen LogP) is 9.48. The minimum Gasteiger partial charge on any atom is -0.353 e. The second-order valence-corrected chi connectivity index (χ2v) is 9.42. The largest absolute Gasteiger partial charge is 0.353 e. The van der Waals surface area contributed by atoms with Gasteiger partial charge in [0, 0.05) is 17.9 Å². The Hall–Kier alpha value is -3.00. The molecule has 0 unspecified atom stereocenters. The summed E-state index contributed by atoms with van der Waals surface area (Å²) in [7, 11) is 0. The van der Waals surface area contributed by atoms with Gasteiger partial charge < -0.3 is 10.2 Å². The first-order chi connectivity index (χ1) is 15.9. The summed E-state index contributed by atoms with van der Waals surface area (Å²) >= 11 is 0. The first-order valence-corrected chi connectivity index (χ1v) is 12.4. The van der Waals surface area contributed by atoms with Crippen molar-refractivity contribution in [1.82, 2.24) is 0 Å². The van der Waals surface area contributed by atoms with E-state index in [2.05, 4.69) is 125 Å². The molecule has 0 heterocycles. The van der Waals surface area contributed by atoms with E-state index in [1.54, 1.807) is 0 Å². The highest BCUT2D eigenvalue weighted by Gasteiger charge is 2.19. The molecular formula is C31H40N2. The Kier molecular flexibility index (Phi) is 8.38. The van der Waals surface area contributed by atoms with Crippen LogP contribution in [-0.4, -0.2) is 6.54 Å². The van der Waals surface area contributed by atoms with Crippen LogP contribution in [0.3, 0.4) is 0 Å². The average Bonchev–Trinajstić information content (AvgIpc) is 2.82. The van der Waals surface area contributed by atoms with Gasteiger partial charge in [-0.2, -0.15) is 0 Å². The van der Waals surface area contributed by atoms with Crippen molar-refractivity contribution in [3.05, 3.63) is 90.1 Å². The number of hydrogen-bond acceptors (Lipinski definition) is 2. The average molecular weight is 441 g/mol. The molecule has 3 aromatic carbocycles. The SMILES string of the molecule is C=C(CC)N(CCC)c1ccccc1Nc1c(C(C)C)cc(-c2ccccc2)cc1C(C)C. The fourth-order valence-corrected chi connectivity index (χ4v) is 4.35. The Balaban J connectivity index is 2.15. The van der Waals surface area contributed by atoms with E-state index in [4.69, 9.17) is 0 Å². The van der Waals surface area contributed by atoms with Crippen molar-refractivity contribution in [2.75, 3.05) is 16.8 Å². The third kappa shape index (κ3) is 5.68. The van der Waals surface area contributed by atoms with Crippen molar-refractivity contribution in [3.63, 3.8) is 0 Å². The number of rotatable bonds is 10. The molecule has 0 spiro atoms. The zero-order valence-electron chi connectivity index (χ0n) is 21.3. The lowest BCUT2D eigenvalue weighted by atomic mass is 9.88. The molecular weight excluding hydrogens is 400 g/mol. The normalized spacial score (nSPS) is 11.2. The maximum absolute atomic E-state index is 4.35. The second-order valence-electron chi connectivity index (χ2n) is 9.42. The number of nitrogens with zero attached hydrogens (tertiary/aromatic N) is 1. The van der Waals surface area contributed by atoms with Crippen LogP contribution in [-0.2, 0) is 0 Å². The number of benzene rings is 3. The molecule has 0 fully saturated rings. The fraction of sp³-hybridized carbons (Fsp3) is 0.355. The van der Waals surface area contributed by atoms with Gasteiger partial charge >= 0.3 is 0 Å². The zero-order chi connectivity index (χ0) is 24.0. The van der Waals surface area contributed by atoms with Crippen molar-refractivity contribution in [3.8, 4) is 11.1 Å². The molecule has 0 aliphatic heterocycles. The van der Waals surface area contributed by atoms with Crippen molar-refractivity contribution in [2.24, 2.45) is 0 Å². The first kappa shape index (κ1) is 24.6. The van der Waals surface area contributed by atoms with Gasteiger partial charge in [-0.05, 0) is 71.2 Å². The van der Waals surface area contributed by atoms with Crippen LogP contribution in [0.25, 0.3) is 11.1 Å². The van der Waals surface area contributed by atoms with Crippen LogP contribution in [0.2, 0.25) is 0 Å². The molecule has 0 amide bonds. The van der Waals surface area contributed by atoms with Gasteiger partial charge in [-0.25, -0.2) is 0 Å². The summed E-state index contributed by atoms with van der Waals surface area (Å²) in [6.45, 7) is 18.9. The van der Waals surface area contributed by atoms with Gasteiger partial charge in [-0.3, -0.25) is 0 Å². The first-order valence-electron chi connectivity index (χ1n) is 12.4. The molecule has 0 saturated carbocycles. The molecule has 0 atom stereocenters. The molecule has 0 bridgehead atoms. The maximum Gasteiger partial charge on any atom is 0.0647 e. The van der Waals surface area contributed by atoms with Crippen LogP contribution < -0.4 is 10.2 Å². The number of allylic oxidation sites excluding steroid dienone is 1. The number of para-hydroxylation sites is 2. The molecule has 33 heavy (non-hydrogen) atoms. The van der Waals surface area contributed by atoms with E-state index >= 15 is 0 Å². The lowest BCUT2D eigenvalue weighted by Gasteiger charge is -2.30. The van der Waals surface area contributed by atoms with Gasteiger partial charge in [0.05, 0.1) is 11.4 Å². The third-order valence-electron chi connectivity index (χ3n) is 6.24. The molecule has 0 radical (unpaired) electrons. The monoisotopic (exact) mass is 440 g/mol. The quantitative estimate of drug-likeness (QED) is 0.337. The van der Waals surface area contributed by atoms with Gasteiger partial charge in [0.15, 0.2) is 0 Å². The van der Waals surface area contributed by atoms with Crippen LogP contribution in [0, 0.1) is 0 Å². The third-order valence-corrected chi connectivity index (χ3v) is 6.24. The molecule has 3 rings (SSSR count). The van der Waals surface area contributed by atoms with Crippen molar-refractivity contribution in [2.45, 2.75) is 66.2 Å². The van der Waals surface area contributed by atoms with Gasteiger partial charge in [-0.15, -0.1) is 0 Å². The van der Waals surface area contributed by atoms with Gasteiger partial charge in [0.25, 0.3) is 0 Å². The van der Waals surface area contributed by atoms with Crippen LogP contribution >= 0.6 is 0 Å². The van der Waals surface area contributed by atoms with E-state index in [-0.39, 0.29) is 0 Å². The molecule has 2 heteroatoms. The minimum absolute atomic E-state index is 0.401. The van der Waals surface area contributed by atoms with Crippen LogP contribution in [0.1, 0.15) is 77.3 Å². The summed E-state index contributed by atoms with van der Waals surface area (Å²) in [4.78, 5) is 2.37. The Bertz CT molecular complexity index is 1030. The summed E-state index contributed by atoms with van der Waals surface area (Å²) in [6, 6.07) is 24.1. The van der Waals surface area contributed by atoms with Crippen LogP contribution in [0.4, 0.5) is 17.1 Å². The fourth-order valence-electron chi connectivity index (χ4n) is 4.35. The molecule has 2 nitrogen and oxygen atoms in total. The molecule has 0 aliphatic rings. The number of nitrogens with one attached hydrogen (secondary N) is 1. The van der Waals surface area contributed by atoms with Gasteiger partial charge in [-0.1, -0.05) is 90.6 Å². The summed E-state index contributed by atoms with van der Waals surface area (Å²) in [5.41, 5.74) is 9.98. The van der Waals surface area contributed by atoms with E-state index in [1.807, 2.05) is 0 Å². The Morgan fingerprint density at radius 1 is 0.818 bits per heavy atom. The summed E-state index contributed by atoms with van der Waals surface area (Å²) in [5.74, 6) is 0.802. The predicted molar refractivity (Wildman–Crippen MR) is 147 cm³/mol. The summed E-state index contributed by atoms with van der Waals surface area (Å²) < 4.78 is 0. The van der Waals surface area contributed by atoms with Crippen molar-refractivity contribution >= 4 is 17.1 Å². The van der Waals surface area contributed by atoms with E-state index in [9.17, 15) is 0 Å². The Morgan fingerprint density at radius 3 is 1.94 bits per heavy atom. The minimum atomic E-state index is 0.401. The van der Waals surface area contributed by atoms with Crippen molar-refractivity contribution in [1.29, 1.82) is 0 Å². The van der Waals surface area contributed by atoms with E-state index < -0.39 is 0 Å². The highest BCUT2D eigenvalue weighted by molar-refractivity contribution is 5.81. The van der Waals surface area contributed by atoms with E-state index in [0.29, 0.717) is 11.8 Å². The van der Waals surface area contributed by atoms with E-state index in [0.717, 1.165) is 30.8 Å². The topological polar surface area (TPSA) is 15.3 Å². The summed E-state index contributed by atoms with van der Waals surface area (Å²) in [5, 5.41) is 3.89. The Labute approximate surface area is 201 Å². The Morgan fingerprint density at radius 2 is 1.39 bits per heavy atom. The second kappa shape index (κ2) is 11.2. The highest BCUT2D eigenvalue weighted by Crippen LogP contribution is 2.40. The molecule has 174 valence electrons. The van der Waals surface area contributed by atoms with E-state index in [1.165, 1.54) is 33.6 Å². The molecule has 0 aliphatic carbocycles. The van der Waals surface area contributed by atoms with Crippen LogP contribution in [0.5, 0.6) is 0 Å². The lowest BCUT2D eigenvalue weighted by molar-refractivity contribution is 0.822. The summed E-state index contributed by atoms with van der Waals surface area (Å²) in [6.07, 6.45) is 2.02. The highest BCUT2D eigenvalue weighted by atomic mass is 15.2. The van der Waals surface area contributed by atoms with Gasteiger partial charge in [0.2, 0.25) is 0 Å².